The SMILES string of the molecule is O=C(O)C[C@@H]1Cc2ccc(OCCc3ccc4c(n3)NCCC4)cc2Cc2ccccc21. The van der Waals surface area contributed by atoms with Crippen LogP contribution in [-0.2, 0) is 30.5 Å². The molecular weight excluding hydrogens is 400 g/mol. The maximum absolute atomic E-state index is 11.4. The summed E-state index contributed by atoms with van der Waals surface area (Å²) < 4.78 is 6.09. The number of carboxylic acid groups (broad SMARTS) is 1. The highest BCUT2D eigenvalue weighted by Gasteiger charge is 2.24. The summed E-state index contributed by atoms with van der Waals surface area (Å²) in [6.45, 7) is 1.56. The molecule has 2 aliphatic rings. The van der Waals surface area contributed by atoms with Crippen molar-refractivity contribution >= 4 is 11.8 Å². The van der Waals surface area contributed by atoms with Crippen LogP contribution in [0.3, 0.4) is 0 Å². The lowest BCUT2D eigenvalue weighted by Gasteiger charge is -2.17. The number of anilines is 1. The van der Waals surface area contributed by atoms with Crippen LogP contribution in [0.4, 0.5) is 5.82 Å². The Morgan fingerprint density at radius 3 is 2.84 bits per heavy atom. The number of ether oxygens (including phenoxy) is 1. The number of carboxylic acids is 1. The molecule has 2 aromatic carbocycles. The molecule has 164 valence electrons. The fraction of sp³-hybridized carbons (Fsp3) is 0.333. The van der Waals surface area contributed by atoms with Gasteiger partial charge in [-0.1, -0.05) is 36.4 Å². The van der Waals surface area contributed by atoms with Crippen molar-refractivity contribution in [3.63, 3.8) is 0 Å². The predicted molar refractivity (Wildman–Crippen MR) is 125 cm³/mol. The van der Waals surface area contributed by atoms with Gasteiger partial charge in [0.15, 0.2) is 0 Å². The second-order valence-corrected chi connectivity index (χ2v) is 8.74. The summed E-state index contributed by atoms with van der Waals surface area (Å²) in [6.07, 6.45) is 4.71. The summed E-state index contributed by atoms with van der Waals surface area (Å²) >= 11 is 0. The van der Waals surface area contributed by atoms with Gasteiger partial charge >= 0.3 is 5.97 Å². The Bertz CT molecular complexity index is 1140. The lowest BCUT2D eigenvalue weighted by molar-refractivity contribution is -0.137. The van der Waals surface area contributed by atoms with Crippen molar-refractivity contribution in [1.82, 2.24) is 4.98 Å². The van der Waals surface area contributed by atoms with E-state index in [-0.39, 0.29) is 12.3 Å². The van der Waals surface area contributed by atoms with Gasteiger partial charge < -0.3 is 15.2 Å². The van der Waals surface area contributed by atoms with Crippen molar-refractivity contribution in [1.29, 1.82) is 0 Å². The van der Waals surface area contributed by atoms with E-state index in [0.717, 1.165) is 61.5 Å². The van der Waals surface area contributed by atoms with E-state index in [0.29, 0.717) is 6.61 Å². The number of pyridine rings is 1. The molecule has 0 saturated carbocycles. The van der Waals surface area contributed by atoms with Crippen LogP contribution in [0.2, 0.25) is 0 Å². The smallest absolute Gasteiger partial charge is 0.303 e. The van der Waals surface area contributed by atoms with Crippen LogP contribution in [-0.4, -0.2) is 29.2 Å². The topological polar surface area (TPSA) is 71.5 Å². The Morgan fingerprint density at radius 1 is 1.06 bits per heavy atom. The summed E-state index contributed by atoms with van der Waals surface area (Å²) in [5.41, 5.74) is 7.13. The number of fused-ring (bicyclic) bond motifs is 3. The molecule has 5 heteroatoms. The van der Waals surface area contributed by atoms with Gasteiger partial charge in [-0.2, -0.15) is 0 Å². The zero-order chi connectivity index (χ0) is 21.9. The molecule has 1 aromatic heterocycles. The van der Waals surface area contributed by atoms with E-state index in [1.165, 1.54) is 22.3 Å². The molecule has 0 fully saturated rings. The molecule has 1 aliphatic carbocycles. The van der Waals surface area contributed by atoms with Gasteiger partial charge in [-0.3, -0.25) is 4.79 Å². The van der Waals surface area contributed by atoms with Gasteiger partial charge in [0.05, 0.1) is 13.0 Å². The highest BCUT2D eigenvalue weighted by molar-refractivity contribution is 5.68. The average molecular weight is 429 g/mol. The Morgan fingerprint density at radius 2 is 1.94 bits per heavy atom. The molecule has 2 N–H and O–H groups in total. The molecule has 0 saturated heterocycles. The van der Waals surface area contributed by atoms with E-state index in [4.69, 9.17) is 9.72 Å². The Labute approximate surface area is 188 Å². The molecule has 32 heavy (non-hydrogen) atoms. The monoisotopic (exact) mass is 428 g/mol. The largest absolute Gasteiger partial charge is 0.493 e. The molecule has 0 bridgehead atoms. The van der Waals surface area contributed by atoms with Gasteiger partial charge in [0.25, 0.3) is 0 Å². The van der Waals surface area contributed by atoms with Crippen molar-refractivity contribution in [3.05, 3.63) is 88.1 Å². The second kappa shape index (κ2) is 9.03. The molecule has 0 spiro atoms. The number of nitrogens with zero attached hydrogens (tertiary/aromatic N) is 1. The molecule has 0 amide bonds. The van der Waals surface area contributed by atoms with E-state index in [1.807, 2.05) is 18.2 Å². The summed E-state index contributed by atoms with van der Waals surface area (Å²) in [7, 11) is 0. The molecule has 5 nitrogen and oxygen atoms in total. The number of nitrogens with one attached hydrogen (secondary N) is 1. The van der Waals surface area contributed by atoms with Crippen LogP contribution in [0.25, 0.3) is 0 Å². The van der Waals surface area contributed by atoms with Crippen LogP contribution in [0.15, 0.2) is 54.6 Å². The lowest BCUT2D eigenvalue weighted by Crippen LogP contribution is -2.14. The first-order valence-electron chi connectivity index (χ1n) is 11.4. The fourth-order valence-corrected chi connectivity index (χ4v) is 4.90. The average Bonchev–Trinajstić information content (AvgIpc) is 2.95. The molecule has 0 unspecified atom stereocenters. The first-order valence-corrected chi connectivity index (χ1v) is 11.4. The maximum atomic E-state index is 11.4. The number of aryl methyl sites for hydroxylation is 1. The van der Waals surface area contributed by atoms with Gasteiger partial charge in [-0.05, 0) is 77.6 Å². The molecule has 5 rings (SSSR count). The standard InChI is InChI=1S/C27H28N2O3/c30-26(31)17-22-14-19-8-10-24(16-21(19)15-20-4-1-2-6-25(20)22)32-13-11-23-9-7-18-5-3-12-28-27(18)29-23/h1-2,4,6-10,16,22H,3,5,11-15,17H2,(H,28,29)(H,30,31)/t22-/m0/s1. The van der Waals surface area contributed by atoms with Crippen molar-refractivity contribution in [2.45, 2.75) is 44.4 Å². The van der Waals surface area contributed by atoms with Crippen LogP contribution in [0, 0.1) is 0 Å². The number of aliphatic carboxylic acids is 1. The van der Waals surface area contributed by atoms with Gasteiger partial charge in [-0.15, -0.1) is 0 Å². The number of benzene rings is 2. The van der Waals surface area contributed by atoms with Crippen molar-refractivity contribution < 1.29 is 14.6 Å². The number of carbonyl (C=O) groups is 1. The normalized spacial score (nSPS) is 16.7. The minimum Gasteiger partial charge on any atom is -0.493 e. The van der Waals surface area contributed by atoms with Gasteiger partial charge in [-0.25, -0.2) is 4.98 Å². The lowest BCUT2D eigenvalue weighted by atomic mass is 9.89. The highest BCUT2D eigenvalue weighted by atomic mass is 16.5. The third kappa shape index (κ3) is 4.47. The first-order chi connectivity index (χ1) is 15.7. The van der Waals surface area contributed by atoms with Gasteiger partial charge in [0.1, 0.15) is 11.6 Å². The van der Waals surface area contributed by atoms with E-state index < -0.39 is 5.97 Å². The van der Waals surface area contributed by atoms with Crippen LogP contribution in [0.5, 0.6) is 5.75 Å². The minimum atomic E-state index is -0.751. The Kier molecular flexibility index (Phi) is 5.80. The van der Waals surface area contributed by atoms with Crippen molar-refractivity contribution in [3.8, 4) is 5.75 Å². The van der Waals surface area contributed by atoms with E-state index in [9.17, 15) is 9.90 Å². The summed E-state index contributed by atoms with van der Waals surface area (Å²) in [5.74, 6) is 1.13. The van der Waals surface area contributed by atoms with E-state index >= 15 is 0 Å². The number of hydrogen-bond acceptors (Lipinski definition) is 4. The molecule has 2 heterocycles. The first kappa shape index (κ1) is 20.6. The molecule has 1 atom stereocenters. The number of hydrogen-bond donors (Lipinski definition) is 2. The summed E-state index contributed by atoms with van der Waals surface area (Å²) in [6, 6.07) is 18.7. The van der Waals surface area contributed by atoms with Crippen LogP contribution in [0.1, 0.15) is 52.3 Å². The highest BCUT2D eigenvalue weighted by Crippen LogP contribution is 2.35. The van der Waals surface area contributed by atoms with Crippen molar-refractivity contribution in [2.24, 2.45) is 0 Å². The zero-order valence-corrected chi connectivity index (χ0v) is 18.1. The predicted octanol–water partition coefficient (Wildman–Crippen LogP) is 4.77. The van der Waals surface area contributed by atoms with Crippen LogP contribution >= 0.6 is 0 Å². The fourth-order valence-electron chi connectivity index (χ4n) is 4.90. The quantitative estimate of drug-likeness (QED) is 0.592. The zero-order valence-electron chi connectivity index (χ0n) is 18.1. The summed E-state index contributed by atoms with van der Waals surface area (Å²) in [5, 5.41) is 12.8. The van der Waals surface area contributed by atoms with E-state index in [2.05, 4.69) is 41.7 Å². The minimum absolute atomic E-state index is 0.000381. The summed E-state index contributed by atoms with van der Waals surface area (Å²) in [4.78, 5) is 16.2. The molecule has 1 aliphatic heterocycles. The van der Waals surface area contributed by atoms with Crippen molar-refractivity contribution in [2.75, 3.05) is 18.5 Å². The van der Waals surface area contributed by atoms with Gasteiger partial charge in [0, 0.05) is 18.7 Å². The Balaban J connectivity index is 1.29. The molecule has 3 aromatic rings. The Hall–Kier alpha value is -3.34. The second-order valence-electron chi connectivity index (χ2n) is 8.74. The van der Waals surface area contributed by atoms with E-state index in [1.54, 1.807) is 0 Å². The van der Waals surface area contributed by atoms with Gasteiger partial charge in [0.2, 0.25) is 0 Å². The molecular formula is C27H28N2O3. The third-order valence-corrected chi connectivity index (χ3v) is 6.52. The number of rotatable bonds is 6. The number of aromatic nitrogens is 1. The third-order valence-electron chi connectivity index (χ3n) is 6.52. The molecule has 0 radical (unpaired) electrons. The van der Waals surface area contributed by atoms with Crippen LogP contribution < -0.4 is 10.1 Å². The maximum Gasteiger partial charge on any atom is 0.303 e.